The van der Waals surface area contributed by atoms with Crippen molar-refractivity contribution in [3.63, 3.8) is 0 Å². The van der Waals surface area contributed by atoms with Gasteiger partial charge >= 0.3 is 6.09 Å². The number of nitrogens with one attached hydrogen (secondary N) is 5. The molecule has 0 unspecified atom stereocenters. The number of rotatable bonds is 15. The van der Waals surface area contributed by atoms with E-state index < -0.39 is 85.4 Å². The number of likely N-dealkylation sites (N-methyl/N-ethyl adjacent to an activating group) is 1. The van der Waals surface area contributed by atoms with Crippen molar-refractivity contribution in [1.82, 2.24) is 36.0 Å². The van der Waals surface area contributed by atoms with E-state index in [-0.39, 0.29) is 48.8 Å². The summed E-state index contributed by atoms with van der Waals surface area (Å²) in [6.07, 6.45) is 4.82. The Morgan fingerprint density at radius 2 is 1.26 bits per heavy atom. The number of amides is 8. The van der Waals surface area contributed by atoms with Crippen molar-refractivity contribution in [3.05, 3.63) is 136 Å². The van der Waals surface area contributed by atoms with Gasteiger partial charge in [-0.1, -0.05) is 94.5 Å². The zero-order valence-corrected chi connectivity index (χ0v) is 46.8. The maximum absolute atomic E-state index is 14.7. The van der Waals surface area contributed by atoms with Gasteiger partial charge in [0.05, 0.1) is 26.2 Å². The molecule has 4 aromatic carbocycles. The molecule has 0 radical (unpaired) electrons. The first kappa shape index (κ1) is 56.8. The first-order valence-electron chi connectivity index (χ1n) is 27.2. The minimum atomic E-state index is -1.90. The fourth-order valence-corrected chi connectivity index (χ4v) is 14.3. The van der Waals surface area contributed by atoms with Gasteiger partial charge in [0.1, 0.15) is 24.2 Å². The third-order valence-electron chi connectivity index (χ3n) is 16.0. The molecule has 0 spiro atoms. The number of carboxylic acid groups (broad SMARTS) is 1. The van der Waals surface area contributed by atoms with Crippen molar-refractivity contribution < 1.29 is 43.5 Å². The zero-order valence-electron chi connectivity index (χ0n) is 45.8. The summed E-state index contributed by atoms with van der Waals surface area (Å²) in [7, 11) is -0.639. The Balaban J connectivity index is 0.881. The number of hydrogen-bond donors (Lipinski definition) is 7. The van der Waals surface area contributed by atoms with Gasteiger partial charge in [-0.05, 0) is 134 Å². The molecule has 4 aromatic rings. The lowest BCUT2D eigenvalue weighted by molar-refractivity contribution is -0.144. The summed E-state index contributed by atoms with van der Waals surface area (Å²) in [6, 6.07) is 24.1. The Labute approximate surface area is 457 Å². The number of hydrogen-bond acceptors (Lipinski definition) is 9. The molecule has 0 bridgehead atoms. The molecule has 2 aliphatic carbocycles. The van der Waals surface area contributed by atoms with Gasteiger partial charge in [-0.15, -0.1) is 0 Å². The topological polar surface area (TPSA) is 253 Å². The Morgan fingerprint density at radius 1 is 0.718 bits per heavy atom. The molecule has 18 nitrogen and oxygen atoms in total. The van der Waals surface area contributed by atoms with E-state index in [1.807, 2.05) is 36.4 Å². The van der Waals surface area contributed by atoms with Crippen LogP contribution >= 0.6 is 0 Å². The Morgan fingerprint density at radius 3 is 1.82 bits per heavy atom. The molecule has 2 aliphatic heterocycles. The van der Waals surface area contributed by atoms with Crippen LogP contribution in [0.4, 0.5) is 10.5 Å². The average molecular weight is 1080 g/mol. The van der Waals surface area contributed by atoms with Gasteiger partial charge in [0, 0.05) is 42.6 Å². The lowest BCUT2D eigenvalue weighted by atomic mass is 9.85. The number of nitrogens with zero attached hydrogens (tertiary/aromatic N) is 3. The summed E-state index contributed by atoms with van der Waals surface area (Å²) in [4.78, 5) is 113. The first-order chi connectivity index (χ1) is 37.0. The Kier molecular flexibility index (Phi) is 17.3. The molecule has 2 saturated heterocycles. The minimum absolute atomic E-state index is 0.0417. The highest BCUT2D eigenvalue weighted by Gasteiger charge is 2.48. The highest BCUT2D eigenvalue weighted by atomic mass is 28.3. The molecule has 78 heavy (non-hydrogen) atoms. The Bertz CT molecular complexity index is 2930. The number of benzene rings is 4. The van der Waals surface area contributed by atoms with Crippen LogP contribution in [-0.2, 0) is 43.2 Å². The lowest BCUT2D eigenvalue weighted by Crippen LogP contribution is -2.60. The average Bonchev–Trinajstić information content (AvgIpc) is 4.00. The van der Waals surface area contributed by atoms with Gasteiger partial charge in [-0.2, -0.15) is 0 Å². The van der Waals surface area contributed by atoms with Crippen LogP contribution in [-0.4, -0.2) is 131 Å². The van der Waals surface area contributed by atoms with Crippen LogP contribution in [0.3, 0.4) is 0 Å². The van der Waals surface area contributed by atoms with Crippen molar-refractivity contribution in [3.8, 4) is 0 Å². The second-order valence-corrected chi connectivity index (χ2v) is 28.5. The van der Waals surface area contributed by atoms with Crippen LogP contribution in [0, 0.1) is 5.41 Å². The number of nitrogens with two attached hydrogens (primary N) is 1. The van der Waals surface area contributed by atoms with Gasteiger partial charge in [-0.3, -0.25) is 38.5 Å². The van der Waals surface area contributed by atoms with Crippen molar-refractivity contribution >= 4 is 61.2 Å². The maximum atomic E-state index is 14.7. The molecule has 8 N–H and O–H groups in total. The van der Waals surface area contributed by atoms with Crippen LogP contribution in [0.2, 0.25) is 19.1 Å². The largest absolute Gasteiger partial charge is 0.465 e. The van der Waals surface area contributed by atoms with E-state index >= 15 is 0 Å². The molecule has 8 amide bonds. The summed E-state index contributed by atoms with van der Waals surface area (Å²) >= 11 is 0. The lowest BCUT2D eigenvalue weighted by Gasteiger charge is -2.37. The molecule has 0 aromatic heterocycles. The highest BCUT2D eigenvalue weighted by molar-refractivity contribution is 6.79. The second kappa shape index (κ2) is 23.7. The van der Waals surface area contributed by atoms with Crippen molar-refractivity contribution in [2.75, 3.05) is 25.1 Å². The molecular formula is C59H75N9O9Si. The van der Waals surface area contributed by atoms with Gasteiger partial charge in [0.2, 0.25) is 29.5 Å². The molecule has 0 saturated carbocycles. The summed E-state index contributed by atoms with van der Waals surface area (Å²) in [5.41, 5.74) is 12.1. The normalized spacial score (nSPS) is 21.6. The molecule has 19 heteroatoms. The van der Waals surface area contributed by atoms with Gasteiger partial charge in [0.15, 0.2) is 0 Å². The van der Waals surface area contributed by atoms with E-state index in [1.54, 1.807) is 74.2 Å². The zero-order chi connectivity index (χ0) is 56.2. The van der Waals surface area contributed by atoms with Crippen LogP contribution in [0.5, 0.6) is 0 Å². The van der Waals surface area contributed by atoms with Crippen LogP contribution in [0.25, 0.3) is 0 Å². The Hall–Kier alpha value is -7.38. The van der Waals surface area contributed by atoms with Gasteiger partial charge in [0.25, 0.3) is 11.8 Å². The number of carbonyl (C=O) groups is 8. The molecular weight excluding hydrogens is 1010 g/mol. The third-order valence-corrected chi connectivity index (χ3v) is 18.6. The molecule has 8 atom stereocenters. The van der Waals surface area contributed by atoms with E-state index in [9.17, 15) is 43.5 Å². The SMILES string of the molecule is C[C@@H](C(=O)N[C@H](C(=O)N1C[C@@H](NC(=O)c2ccc(NC(=O)c3ccc(C[C@H](N)C(=O)N4C[Si](C)(C)C[C@H]4C(=O)N[C@@H]4CCCc5ccccc54)cc3)cc2)C[C@H]1C(=O)N[C@@H]1CCCc2ccccc21)C(C)(C)C)N(C)C(=O)O. The monoisotopic (exact) mass is 1080 g/mol. The summed E-state index contributed by atoms with van der Waals surface area (Å²) in [5, 5.41) is 24.6. The summed E-state index contributed by atoms with van der Waals surface area (Å²) < 4.78 is 0. The number of carbonyl (C=O) groups excluding carboxylic acids is 7. The van der Waals surface area contributed by atoms with Crippen LogP contribution < -0.4 is 32.3 Å². The van der Waals surface area contributed by atoms with E-state index in [4.69, 9.17) is 5.73 Å². The molecule has 414 valence electrons. The predicted octanol–water partition coefficient (Wildman–Crippen LogP) is 5.88. The highest BCUT2D eigenvalue weighted by Crippen LogP contribution is 2.34. The standard InChI is InChI=1S/C59H75N9O9Si/c1-35(66(5)58(76)77)51(69)65-50(59(2,3)4)57(75)67-32-42(31-48(67)54(72)63-46-20-12-16-37-14-8-10-18-43(37)46)62-53(71)40-26-28-41(29-27-40)61-52(70)39-24-22-36(23-25-39)30-45(60)56(74)68-34-78(6,7)33-49(68)55(73)64-47-21-13-17-38-15-9-11-19-44(38)47/h8-11,14-15,18-19,22-29,35,42,45-50H,12-13,16-17,20-21,30-34,60H2,1-7H3,(H,61,70)(H,62,71)(H,63,72)(H,64,73)(H,65,69)(H,76,77)/t35-,42-,45-,46+,47+,48-,49-,50+/m0/s1. The fourth-order valence-electron chi connectivity index (χ4n) is 11.5. The van der Waals surface area contributed by atoms with E-state index in [0.29, 0.717) is 29.9 Å². The minimum Gasteiger partial charge on any atom is -0.465 e. The summed E-state index contributed by atoms with van der Waals surface area (Å²) in [5.74, 6) is -2.89. The quantitative estimate of drug-likeness (QED) is 0.0696. The first-order valence-corrected chi connectivity index (χ1v) is 30.6. The number of fused-ring (bicyclic) bond motifs is 2. The number of anilines is 1. The fraction of sp³-hybridized carbons (Fsp3) is 0.458. The third kappa shape index (κ3) is 13.1. The van der Waals surface area contributed by atoms with Gasteiger partial charge < -0.3 is 47.2 Å². The van der Waals surface area contributed by atoms with E-state index in [1.165, 1.54) is 24.4 Å². The van der Waals surface area contributed by atoms with E-state index in [2.05, 4.69) is 51.8 Å². The second-order valence-electron chi connectivity index (χ2n) is 23.5. The smallest absolute Gasteiger partial charge is 0.407 e. The van der Waals surface area contributed by atoms with Crippen LogP contribution in [0.1, 0.15) is 120 Å². The predicted molar refractivity (Wildman–Crippen MR) is 299 cm³/mol. The van der Waals surface area contributed by atoms with E-state index in [0.717, 1.165) is 59.3 Å². The summed E-state index contributed by atoms with van der Waals surface area (Å²) in [6.45, 7) is 11.1. The number of aryl methyl sites for hydroxylation is 2. The molecule has 4 aliphatic rings. The van der Waals surface area contributed by atoms with Crippen molar-refractivity contribution in [1.29, 1.82) is 0 Å². The van der Waals surface area contributed by atoms with Crippen molar-refractivity contribution in [2.24, 2.45) is 11.1 Å². The molecule has 8 rings (SSSR count). The van der Waals surface area contributed by atoms with Crippen molar-refractivity contribution in [2.45, 2.75) is 147 Å². The molecule has 2 fully saturated rings. The van der Waals surface area contributed by atoms with Crippen LogP contribution in [0.15, 0.2) is 97.1 Å². The van der Waals surface area contributed by atoms with Gasteiger partial charge in [-0.25, -0.2) is 4.79 Å². The molecule has 2 heterocycles. The number of likely N-dealkylation sites (tertiary alicyclic amines) is 1. The maximum Gasteiger partial charge on any atom is 0.407 e.